The second-order valence-corrected chi connectivity index (χ2v) is 4.02. The average Bonchev–Trinajstić information content (AvgIpc) is 2.69. The normalized spacial score (nSPS) is 19.4. The molecule has 1 aromatic rings. The minimum Gasteiger partial charge on any atom is -0.306 e. The van der Waals surface area contributed by atoms with Gasteiger partial charge >= 0.3 is 0 Å². The molecule has 0 N–H and O–H groups in total. The van der Waals surface area contributed by atoms with Crippen LogP contribution in [-0.2, 0) is 4.79 Å². The monoisotopic (exact) mass is 259 g/mol. The van der Waals surface area contributed by atoms with Crippen LogP contribution in [-0.4, -0.2) is 12.5 Å². The van der Waals surface area contributed by atoms with Crippen LogP contribution < -0.4 is 4.90 Å². The maximum absolute atomic E-state index is 13.5. The van der Waals surface area contributed by atoms with E-state index in [2.05, 4.69) is 6.58 Å². The van der Waals surface area contributed by atoms with Gasteiger partial charge in [-0.25, -0.2) is 17.6 Å². The number of nitrogens with zero attached hydrogens (tertiary/aromatic N) is 1. The Morgan fingerprint density at radius 1 is 1.22 bits per heavy atom. The molecular weight excluding hydrogens is 250 g/mol. The smallest absolute Gasteiger partial charge is 0.227 e. The maximum Gasteiger partial charge on any atom is 0.227 e. The number of carbonyl (C=O) groups is 1. The molecule has 18 heavy (non-hydrogen) atoms. The topological polar surface area (TPSA) is 20.3 Å². The standard InChI is InChI=1S/C12H9F4NO/c1-2-6-3-9(18)17(5-6)12-10(15)7(13)4-8(14)11(12)16/h2,4,6H,1,3,5H2. The van der Waals surface area contributed by atoms with Gasteiger partial charge < -0.3 is 4.90 Å². The van der Waals surface area contributed by atoms with E-state index in [1.165, 1.54) is 6.08 Å². The van der Waals surface area contributed by atoms with Crippen molar-refractivity contribution in [2.45, 2.75) is 6.42 Å². The van der Waals surface area contributed by atoms with Gasteiger partial charge in [0.2, 0.25) is 5.91 Å². The van der Waals surface area contributed by atoms with Crippen molar-refractivity contribution in [3.8, 4) is 0 Å². The third kappa shape index (κ3) is 1.87. The van der Waals surface area contributed by atoms with Gasteiger partial charge in [0, 0.05) is 24.9 Å². The van der Waals surface area contributed by atoms with Gasteiger partial charge in [0.05, 0.1) is 0 Å². The van der Waals surface area contributed by atoms with E-state index in [0.29, 0.717) is 4.90 Å². The van der Waals surface area contributed by atoms with Crippen molar-refractivity contribution in [3.05, 3.63) is 42.0 Å². The summed E-state index contributed by atoms with van der Waals surface area (Å²) in [7, 11) is 0. The van der Waals surface area contributed by atoms with E-state index >= 15 is 0 Å². The number of hydrogen-bond donors (Lipinski definition) is 0. The van der Waals surface area contributed by atoms with Crippen molar-refractivity contribution < 1.29 is 22.4 Å². The van der Waals surface area contributed by atoms with Crippen molar-refractivity contribution in [2.75, 3.05) is 11.4 Å². The Labute approximate surface area is 101 Å². The van der Waals surface area contributed by atoms with Crippen molar-refractivity contribution in [2.24, 2.45) is 5.92 Å². The molecule has 0 saturated carbocycles. The number of anilines is 1. The minimum atomic E-state index is -1.56. The second kappa shape index (κ2) is 4.44. The lowest BCUT2D eigenvalue weighted by Crippen LogP contribution is -2.27. The van der Waals surface area contributed by atoms with Crippen LogP contribution in [0.1, 0.15) is 6.42 Å². The van der Waals surface area contributed by atoms with Crippen molar-refractivity contribution in [1.29, 1.82) is 0 Å². The van der Waals surface area contributed by atoms with Crippen LogP contribution in [0.4, 0.5) is 23.2 Å². The molecule has 0 spiro atoms. The Hall–Kier alpha value is -1.85. The number of amides is 1. The summed E-state index contributed by atoms with van der Waals surface area (Å²) < 4.78 is 53.1. The van der Waals surface area contributed by atoms with Crippen LogP contribution in [0, 0.1) is 29.2 Å². The van der Waals surface area contributed by atoms with E-state index in [4.69, 9.17) is 0 Å². The molecule has 0 aliphatic carbocycles. The number of benzene rings is 1. The predicted molar refractivity (Wildman–Crippen MR) is 56.9 cm³/mol. The highest BCUT2D eigenvalue weighted by Crippen LogP contribution is 2.32. The van der Waals surface area contributed by atoms with Crippen molar-refractivity contribution >= 4 is 11.6 Å². The lowest BCUT2D eigenvalue weighted by atomic mass is 10.1. The Balaban J connectivity index is 2.52. The Morgan fingerprint density at radius 2 is 1.78 bits per heavy atom. The molecule has 1 aliphatic rings. The van der Waals surface area contributed by atoms with Gasteiger partial charge in [-0.2, -0.15) is 0 Å². The first-order valence-corrected chi connectivity index (χ1v) is 5.21. The van der Waals surface area contributed by atoms with Crippen LogP contribution in [0.3, 0.4) is 0 Å². The fourth-order valence-corrected chi connectivity index (χ4v) is 1.91. The van der Waals surface area contributed by atoms with Crippen LogP contribution in [0.15, 0.2) is 18.7 Å². The van der Waals surface area contributed by atoms with E-state index in [1.54, 1.807) is 0 Å². The molecule has 1 heterocycles. The molecule has 0 bridgehead atoms. The summed E-state index contributed by atoms with van der Waals surface area (Å²) in [6.07, 6.45) is 1.48. The summed E-state index contributed by atoms with van der Waals surface area (Å²) in [4.78, 5) is 12.3. The van der Waals surface area contributed by atoms with Gasteiger partial charge in [-0.3, -0.25) is 4.79 Å². The molecule has 1 fully saturated rings. The van der Waals surface area contributed by atoms with Gasteiger partial charge in [0.25, 0.3) is 0 Å². The molecule has 0 radical (unpaired) electrons. The molecule has 2 nitrogen and oxygen atoms in total. The fraction of sp³-hybridized carbons (Fsp3) is 0.250. The van der Waals surface area contributed by atoms with Crippen LogP contribution >= 0.6 is 0 Å². The van der Waals surface area contributed by atoms with Crippen molar-refractivity contribution in [3.63, 3.8) is 0 Å². The largest absolute Gasteiger partial charge is 0.306 e. The predicted octanol–water partition coefficient (Wildman–Crippen LogP) is 2.78. The van der Waals surface area contributed by atoms with Gasteiger partial charge in [0.1, 0.15) is 5.69 Å². The second-order valence-electron chi connectivity index (χ2n) is 4.02. The summed E-state index contributed by atoms with van der Waals surface area (Å²) in [6.45, 7) is 3.43. The first-order chi connectivity index (χ1) is 8.45. The summed E-state index contributed by atoms with van der Waals surface area (Å²) in [5, 5.41) is 0. The summed E-state index contributed by atoms with van der Waals surface area (Å²) in [6, 6.07) is 0.111. The number of carbonyl (C=O) groups excluding carboxylic acids is 1. The lowest BCUT2D eigenvalue weighted by molar-refractivity contribution is -0.117. The quantitative estimate of drug-likeness (QED) is 0.454. The molecular formula is C12H9F4NO. The van der Waals surface area contributed by atoms with Gasteiger partial charge in [0.15, 0.2) is 23.3 Å². The zero-order valence-corrected chi connectivity index (χ0v) is 9.22. The SMILES string of the molecule is C=CC1CC(=O)N(c2c(F)c(F)cc(F)c2F)C1. The first kappa shape index (κ1) is 12.6. The van der Waals surface area contributed by atoms with E-state index in [0.717, 1.165) is 0 Å². The highest BCUT2D eigenvalue weighted by molar-refractivity contribution is 5.96. The summed E-state index contributed by atoms with van der Waals surface area (Å²) >= 11 is 0. The summed E-state index contributed by atoms with van der Waals surface area (Å²) in [5.41, 5.74) is -0.971. The molecule has 6 heteroatoms. The van der Waals surface area contributed by atoms with E-state index < -0.39 is 34.9 Å². The third-order valence-corrected chi connectivity index (χ3v) is 2.85. The molecule has 1 atom stereocenters. The van der Waals surface area contributed by atoms with E-state index in [-0.39, 0.29) is 24.9 Å². The minimum absolute atomic E-state index is 0.0144. The van der Waals surface area contributed by atoms with Gasteiger partial charge in [-0.15, -0.1) is 6.58 Å². The number of rotatable bonds is 2. The molecule has 1 aliphatic heterocycles. The number of hydrogen-bond acceptors (Lipinski definition) is 1. The maximum atomic E-state index is 13.5. The molecule has 96 valence electrons. The van der Waals surface area contributed by atoms with Gasteiger partial charge in [-0.05, 0) is 0 Å². The molecule has 1 aromatic carbocycles. The number of halogens is 4. The zero-order valence-electron chi connectivity index (χ0n) is 9.22. The van der Waals surface area contributed by atoms with Crippen LogP contribution in [0.25, 0.3) is 0 Å². The van der Waals surface area contributed by atoms with Crippen LogP contribution in [0.5, 0.6) is 0 Å². The first-order valence-electron chi connectivity index (χ1n) is 5.21. The lowest BCUT2D eigenvalue weighted by Gasteiger charge is -2.18. The van der Waals surface area contributed by atoms with Gasteiger partial charge in [-0.1, -0.05) is 6.08 Å². The zero-order chi connectivity index (χ0) is 13.4. The highest BCUT2D eigenvalue weighted by atomic mass is 19.2. The van der Waals surface area contributed by atoms with Crippen molar-refractivity contribution in [1.82, 2.24) is 0 Å². The Bertz CT molecular complexity index is 503. The third-order valence-electron chi connectivity index (χ3n) is 2.85. The summed E-state index contributed by atoms with van der Waals surface area (Å²) in [5.74, 6) is -7.07. The Morgan fingerprint density at radius 3 is 2.22 bits per heavy atom. The molecule has 2 rings (SSSR count). The molecule has 1 saturated heterocycles. The van der Waals surface area contributed by atoms with Crippen LogP contribution in [0.2, 0.25) is 0 Å². The fourth-order valence-electron chi connectivity index (χ4n) is 1.91. The Kier molecular flexibility index (Phi) is 3.11. The average molecular weight is 259 g/mol. The van der Waals surface area contributed by atoms with E-state index in [9.17, 15) is 22.4 Å². The highest BCUT2D eigenvalue weighted by Gasteiger charge is 2.34. The molecule has 1 unspecified atom stereocenters. The molecule has 1 amide bonds. The molecule has 0 aromatic heterocycles. The van der Waals surface area contributed by atoms with E-state index in [1.807, 2.05) is 0 Å².